The van der Waals surface area contributed by atoms with Crippen LogP contribution in [0.15, 0.2) is 441 Å². The molecule has 0 saturated heterocycles. The Labute approximate surface area is 681 Å². The Hall–Kier alpha value is -14.4. The number of aromatic nitrogens is 4. The van der Waals surface area contributed by atoms with Crippen LogP contribution in [0.3, 0.4) is 0 Å². The monoisotopic (exact) mass is 1550 g/mol. The maximum Gasteiger partial charge on any atom is 0.488 e. The maximum absolute atomic E-state index is 9.73. The van der Waals surface area contributed by atoms with Gasteiger partial charge in [0.2, 0.25) is 0 Å². The summed E-state index contributed by atoms with van der Waals surface area (Å²) in [7, 11) is -1.51. The molecule has 0 saturated carbocycles. The summed E-state index contributed by atoms with van der Waals surface area (Å²) in [6.07, 6.45) is 0. The highest BCUT2D eigenvalue weighted by Gasteiger charge is 2.23. The van der Waals surface area contributed by atoms with Gasteiger partial charge >= 0.3 is 7.12 Å². The van der Waals surface area contributed by atoms with Crippen LogP contribution in [0.25, 0.3) is 188 Å². The molecule has 0 bridgehead atoms. The second-order valence-electron chi connectivity index (χ2n) is 29.4. The van der Waals surface area contributed by atoms with Gasteiger partial charge in [-0.3, -0.25) is 0 Å². The molecule has 0 aliphatic rings. The molecule has 0 spiro atoms. The molecule has 548 valence electrons. The molecular weight excluding hydrogens is 1480 g/mol. The minimum absolute atomic E-state index is 0.468. The quantitative estimate of drug-likeness (QED) is 0.120. The van der Waals surface area contributed by atoms with Crippen molar-refractivity contribution in [3.8, 4) is 101 Å². The van der Waals surface area contributed by atoms with Gasteiger partial charge in [0.25, 0.3) is 0 Å². The molecule has 2 N–H and O–H groups in total. The van der Waals surface area contributed by atoms with Crippen molar-refractivity contribution < 1.29 is 10.0 Å². The second-order valence-corrected chi connectivity index (χ2v) is 30.2. The van der Waals surface area contributed by atoms with E-state index in [1.165, 1.54) is 143 Å². The summed E-state index contributed by atoms with van der Waals surface area (Å²) >= 11 is 3.86. The SMILES string of the molecule is Brc1c(-c2ccccc2)cc(-c2ccccc2)cc1-c1ccccc1.OB(O)c1cccc(-n2c3ccccc3c3cc(-n4c5ccccc5c5ccccc54)ccc32)c1.c1ccc(-c2cc(-c3ccccc3)c(-c3cccc(-n4c5ccccc5c5cc(-n6c7ccccc7c7ccccc76)ccc54)c3)c(-c3ccccc3)c2)cc1. The molecular formula is C108H74BBrN4O2. The van der Waals surface area contributed by atoms with Gasteiger partial charge in [0, 0.05) is 70.3 Å². The van der Waals surface area contributed by atoms with Gasteiger partial charge in [0.15, 0.2) is 0 Å². The van der Waals surface area contributed by atoms with Gasteiger partial charge < -0.3 is 28.3 Å². The number of hydrogen-bond acceptors (Lipinski definition) is 2. The minimum Gasteiger partial charge on any atom is -0.423 e. The smallest absolute Gasteiger partial charge is 0.423 e. The Morgan fingerprint density at radius 3 is 0.767 bits per heavy atom. The van der Waals surface area contributed by atoms with Crippen LogP contribution in [0.5, 0.6) is 0 Å². The molecule has 22 rings (SSSR count). The first kappa shape index (κ1) is 70.7. The molecule has 116 heavy (non-hydrogen) atoms. The molecule has 0 fully saturated rings. The maximum atomic E-state index is 9.73. The van der Waals surface area contributed by atoms with Crippen molar-refractivity contribution >= 4 is 116 Å². The zero-order valence-electron chi connectivity index (χ0n) is 63.2. The first-order valence-corrected chi connectivity index (χ1v) is 40.1. The predicted octanol–water partition coefficient (Wildman–Crippen LogP) is 27.6. The molecule has 4 heterocycles. The fourth-order valence-electron chi connectivity index (χ4n) is 17.3. The number of nitrogens with zero attached hydrogens (tertiary/aromatic N) is 4. The molecule has 6 nitrogen and oxygen atoms in total. The predicted molar refractivity (Wildman–Crippen MR) is 492 cm³/mol. The first-order chi connectivity index (χ1) is 57.3. The average molecular weight is 1550 g/mol. The van der Waals surface area contributed by atoms with Crippen molar-refractivity contribution in [3.05, 3.63) is 441 Å². The van der Waals surface area contributed by atoms with E-state index in [4.69, 9.17) is 0 Å². The van der Waals surface area contributed by atoms with E-state index in [0.29, 0.717) is 5.46 Å². The summed E-state index contributed by atoms with van der Waals surface area (Å²) < 4.78 is 10.5. The van der Waals surface area contributed by atoms with E-state index >= 15 is 0 Å². The van der Waals surface area contributed by atoms with E-state index in [-0.39, 0.29) is 0 Å². The third-order valence-corrected chi connectivity index (χ3v) is 23.4. The highest BCUT2D eigenvalue weighted by molar-refractivity contribution is 9.10. The van der Waals surface area contributed by atoms with Gasteiger partial charge in [-0.05, 0) is 221 Å². The zero-order valence-corrected chi connectivity index (χ0v) is 64.8. The first-order valence-electron chi connectivity index (χ1n) is 39.3. The van der Waals surface area contributed by atoms with Crippen LogP contribution >= 0.6 is 15.9 Å². The molecule has 0 aliphatic carbocycles. The van der Waals surface area contributed by atoms with Gasteiger partial charge in [0.05, 0.1) is 44.1 Å². The lowest BCUT2D eigenvalue weighted by Gasteiger charge is -2.20. The Kier molecular flexibility index (Phi) is 18.7. The third kappa shape index (κ3) is 12.9. The van der Waals surface area contributed by atoms with Crippen LogP contribution in [0, 0.1) is 0 Å². The van der Waals surface area contributed by atoms with Crippen molar-refractivity contribution in [1.29, 1.82) is 0 Å². The standard InChI is InChI=1S/C54H36N2.C30H21BN2O2.C24H17Br/c1-4-17-37(18-5-1)41-34-47(38-19-6-2-7-20-38)54(48(35-41)39-21-8-3-9-22-39)40-23-16-24-42(33-40)55-52-30-15-12-27-46(52)49-36-43(31-32-53(49)55)56-50-28-13-10-25-44(50)45-26-11-14-29-51(45)56;34-31(35)20-8-7-9-21(18-20)32-29-15-6-3-12-25(29)26-19-22(16-17-30(26)32)33-27-13-4-1-10-23(27)24-11-2-5-14-28(24)33;25-24-22(19-12-6-2-7-13-19)16-21(18-10-4-1-5-11-18)17-23(24)20-14-8-3-9-15-20/h1-36H;1-19,34-35H;1-17H. The molecule has 0 radical (unpaired) electrons. The summed E-state index contributed by atoms with van der Waals surface area (Å²) in [6.45, 7) is 0. The summed E-state index contributed by atoms with van der Waals surface area (Å²) in [5.74, 6) is 0. The van der Waals surface area contributed by atoms with Crippen molar-refractivity contribution in [3.63, 3.8) is 0 Å². The highest BCUT2D eigenvalue weighted by atomic mass is 79.9. The molecule has 0 amide bonds. The zero-order chi connectivity index (χ0) is 77.6. The lowest BCUT2D eigenvalue weighted by molar-refractivity contribution is 0.425. The van der Waals surface area contributed by atoms with E-state index in [1.54, 1.807) is 6.07 Å². The number of halogens is 1. The van der Waals surface area contributed by atoms with Crippen LogP contribution in [0.4, 0.5) is 0 Å². The molecule has 18 aromatic carbocycles. The molecule has 0 unspecified atom stereocenters. The van der Waals surface area contributed by atoms with Crippen LogP contribution in [0.1, 0.15) is 0 Å². The van der Waals surface area contributed by atoms with Crippen LogP contribution in [-0.4, -0.2) is 35.4 Å². The lowest BCUT2D eigenvalue weighted by Crippen LogP contribution is -2.29. The normalized spacial score (nSPS) is 11.4. The topological polar surface area (TPSA) is 60.2 Å². The van der Waals surface area contributed by atoms with Gasteiger partial charge in [-0.25, -0.2) is 0 Å². The average Bonchev–Trinajstić information content (AvgIpc) is 1.56. The second kappa shape index (κ2) is 30.6. The van der Waals surface area contributed by atoms with Crippen LogP contribution in [0.2, 0.25) is 0 Å². The largest absolute Gasteiger partial charge is 0.488 e. The van der Waals surface area contributed by atoms with Crippen molar-refractivity contribution in [1.82, 2.24) is 18.3 Å². The molecule has 0 aliphatic heterocycles. The number of rotatable bonds is 12. The Morgan fingerprint density at radius 1 is 0.181 bits per heavy atom. The summed E-state index contributed by atoms with van der Waals surface area (Å²) in [5, 5.41) is 29.2. The van der Waals surface area contributed by atoms with Crippen molar-refractivity contribution in [2.45, 2.75) is 0 Å². The fourth-order valence-corrected chi connectivity index (χ4v) is 18.0. The van der Waals surface area contributed by atoms with Gasteiger partial charge in [-0.1, -0.05) is 315 Å². The Morgan fingerprint density at radius 2 is 0.431 bits per heavy atom. The Balaban J connectivity index is 0.000000123. The van der Waals surface area contributed by atoms with Crippen LogP contribution < -0.4 is 5.46 Å². The molecule has 22 aromatic rings. The Bertz CT molecular complexity index is 7190. The third-order valence-electron chi connectivity index (χ3n) is 22.6. The number of hydrogen-bond donors (Lipinski definition) is 2. The van der Waals surface area contributed by atoms with Crippen LogP contribution in [-0.2, 0) is 0 Å². The van der Waals surface area contributed by atoms with E-state index < -0.39 is 7.12 Å². The fraction of sp³-hybridized carbons (Fsp3) is 0. The van der Waals surface area contributed by atoms with E-state index in [1.807, 2.05) is 24.3 Å². The molecule has 8 heteroatoms. The van der Waals surface area contributed by atoms with Crippen molar-refractivity contribution in [2.75, 3.05) is 0 Å². The highest BCUT2D eigenvalue weighted by Crippen LogP contribution is 2.47. The number of benzene rings is 18. The van der Waals surface area contributed by atoms with E-state index in [9.17, 15) is 10.0 Å². The summed E-state index contributed by atoms with van der Waals surface area (Å²) in [4.78, 5) is 0. The van der Waals surface area contributed by atoms with Crippen molar-refractivity contribution in [2.24, 2.45) is 0 Å². The molecule has 0 atom stereocenters. The van der Waals surface area contributed by atoms with Gasteiger partial charge in [0.1, 0.15) is 0 Å². The lowest BCUT2D eigenvalue weighted by atomic mass is 9.80. The van der Waals surface area contributed by atoms with E-state index in [0.717, 1.165) is 49.0 Å². The van der Waals surface area contributed by atoms with Gasteiger partial charge in [-0.2, -0.15) is 0 Å². The summed E-state index contributed by atoms with van der Waals surface area (Å²) in [6, 6.07) is 155. The molecule has 4 aromatic heterocycles. The van der Waals surface area contributed by atoms with E-state index in [2.05, 4.69) is 441 Å². The minimum atomic E-state index is -1.51. The van der Waals surface area contributed by atoms with Gasteiger partial charge in [-0.15, -0.1) is 0 Å². The summed E-state index contributed by atoms with van der Waals surface area (Å²) in [5.41, 5.74) is 30.9. The number of para-hydroxylation sites is 6. The number of fused-ring (bicyclic) bond motifs is 12.